The number of ether oxygens (including phenoxy) is 1. The van der Waals surface area contributed by atoms with Crippen LogP contribution in [0.1, 0.15) is 10.5 Å². The van der Waals surface area contributed by atoms with Gasteiger partial charge in [0.05, 0.1) is 18.9 Å². The summed E-state index contributed by atoms with van der Waals surface area (Å²) in [5, 5.41) is 9.88. The Morgan fingerprint density at radius 1 is 1.03 bits per heavy atom. The SMILES string of the molecule is O=C(O)c1c(-c2ccccc2)nc2c(-c3cc(N4CCOCC4)ncn3)cccn12. The fraction of sp³-hybridized carbons (Fsp3) is 0.182. The molecule has 0 aliphatic carbocycles. The van der Waals surface area contributed by atoms with Crippen LogP contribution >= 0.6 is 0 Å². The van der Waals surface area contributed by atoms with Gasteiger partial charge in [-0.1, -0.05) is 30.3 Å². The number of carboxylic acids is 1. The lowest BCUT2D eigenvalue weighted by molar-refractivity contribution is 0.0690. The Balaban J connectivity index is 1.67. The van der Waals surface area contributed by atoms with E-state index in [-0.39, 0.29) is 5.69 Å². The summed E-state index contributed by atoms with van der Waals surface area (Å²) in [4.78, 5) is 27.8. The van der Waals surface area contributed by atoms with Crippen molar-refractivity contribution in [1.82, 2.24) is 19.4 Å². The summed E-state index contributed by atoms with van der Waals surface area (Å²) in [6.07, 6.45) is 3.24. The normalized spacial score (nSPS) is 14.2. The van der Waals surface area contributed by atoms with Gasteiger partial charge in [-0.3, -0.25) is 4.40 Å². The summed E-state index contributed by atoms with van der Waals surface area (Å²) in [5.74, 6) is -0.214. The minimum absolute atomic E-state index is 0.125. The summed E-state index contributed by atoms with van der Waals surface area (Å²) >= 11 is 0. The Kier molecular flexibility index (Phi) is 4.61. The number of rotatable bonds is 4. The van der Waals surface area contributed by atoms with E-state index in [1.54, 1.807) is 10.6 Å². The number of aromatic carboxylic acids is 1. The monoisotopic (exact) mass is 401 g/mol. The zero-order chi connectivity index (χ0) is 20.5. The maximum absolute atomic E-state index is 12.1. The quantitative estimate of drug-likeness (QED) is 0.562. The van der Waals surface area contributed by atoms with Crippen molar-refractivity contribution >= 4 is 17.4 Å². The molecule has 4 aromatic rings. The van der Waals surface area contributed by atoms with Crippen molar-refractivity contribution in [1.29, 1.82) is 0 Å². The Hall–Kier alpha value is -3.78. The van der Waals surface area contributed by atoms with Crippen molar-refractivity contribution in [3.05, 3.63) is 66.7 Å². The first kappa shape index (κ1) is 18.3. The van der Waals surface area contributed by atoms with Crippen LogP contribution in [0.3, 0.4) is 0 Å². The number of imidazole rings is 1. The number of hydrogen-bond acceptors (Lipinski definition) is 6. The molecule has 8 nitrogen and oxygen atoms in total. The van der Waals surface area contributed by atoms with Gasteiger partial charge in [0, 0.05) is 36.5 Å². The van der Waals surface area contributed by atoms with Crippen LogP contribution in [-0.2, 0) is 4.74 Å². The van der Waals surface area contributed by atoms with Gasteiger partial charge in [-0.25, -0.2) is 19.7 Å². The van der Waals surface area contributed by atoms with Gasteiger partial charge in [-0.2, -0.15) is 0 Å². The van der Waals surface area contributed by atoms with Crippen molar-refractivity contribution < 1.29 is 14.6 Å². The highest BCUT2D eigenvalue weighted by molar-refractivity contribution is 5.96. The lowest BCUT2D eigenvalue weighted by Gasteiger charge is -2.27. The van der Waals surface area contributed by atoms with Crippen molar-refractivity contribution in [2.75, 3.05) is 31.2 Å². The topological polar surface area (TPSA) is 92.8 Å². The molecule has 1 aliphatic heterocycles. The maximum Gasteiger partial charge on any atom is 0.355 e. The smallest absolute Gasteiger partial charge is 0.355 e. The van der Waals surface area contributed by atoms with Crippen LogP contribution in [0.5, 0.6) is 0 Å². The number of carboxylic acid groups (broad SMARTS) is 1. The molecule has 0 amide bonds. The average molecular weight is 401 g/mol. The van der Waals surface area contributed by atoms with E-state index in [1.165, 1.54) is 6.33 Å². The molecular weight excluding hydrogens is 382 g/mol. The van der Waals surface area contributed by atoms with Crippen LogP contribution in [0.15, 0.2) is 61.1 Å². The van der Waals surface area contributed by atoms with Gasteiger partial charge in [-0.05, 0) is 12.1 Å². The molecule has 8 heteroatoms. The van der Waals surface area contributed by atoms with Gasteiger partial charge in [0.15, 0.2) is 5.69 Å². The van der Waals surface area contributed by atoms with Gasteiger partial charge in [0.25, 0.3) is 0 Å². The predicted octanol–water partition coefficient (Wildman–Crippen LogP) is 2.99. The molecule has 30 heavy (non-hydrogen) atoms. The molecule has 0 unspecified atom stereocenters. The van der Waals surface area contributed by atoms with E-state index in [9.17, 15) is 9.90 Å². The molecule has 0 spiro atoms. The number of pyridine rings is 1. The number of carbonyl (C=O) groups is 1. The first-order chi connectivity index (χ1) is 14.7. The second-order valence-electron chi connectivity index (χ2n) is 6.96. The van der Waals surface area contributed by atoms with Crippen LogP contribution in [0.2, 0.25) is 0 Å². The number of nitrogens with zero attached hydrogens (tertiary/aromatic N) is 5. The minimum Gasteiger partial charge on any atom is -0.476 e. The molecule has 0 atom stereocenters. The number of anilines is 1. The highest BCUT2D eigenvalue weighted by atomic mass is 16.5. The summed E-state index contributed by atoms with van der Waals surface area (Å²) in [5.41, 5.74) is 3.29. The van der Waals surface area contributed by atoms with E-state index in [0.29, 0.717) is 30.2 Å². The molecule has 0 bridgehead atoms. The van der Waals surface area contributed by atoms with Crippen molar-refractivity contribution in [2.24, 2.45) is 0 Å². The van der Waals surface area contributed by atoms with Gasteiger partial charge in [0.1, 0.15) is 23.5 Å². The standard InChI is InChI=1S/C22H19N5O3/c28-22(29)20-19(15-5-2-1-3-6-15)25-21-16(7-4-8-27(20)21)17-13-18(24-14-23-17)26-9-11-30-12-10-26/h1-8,13-14H,9-12H2,(H,28,29). The van der Waals surface area contributed by atoms with E-state index < -0.39 is 5.97 Å². The fourth-order valence-electron chi connectivity index (χ4n) is 3.73. The van der Waals surface area contributed by atoms with Crippen molar-refractivity contribution in [3.63, 3.8) is 0 Å². The van der Waals surface area contributed by atoms with Crippen LogP contribution in [-0.4, -0.2) is 56.7 Å². The highest BCUT2D eigenvalue weighted by Crippen LogP contribution is 2.30. The largest absolute Gasteiger partial charge is 0.476 e. The van der Waals surface area contributed by atoms with E-state index in [4.69, 9.17) is 9.72 Å². The Bertz CT molecular complexity index is 1220. The molecule has 150 valence electrons. The average Bonchev–Trinajstić information content (AvgIpc) is 3.20. The highest BCUT2D eigenvalue weighted by Gasteiger charge is 2.22. The second-order valence-corrected chi connectivity index (χ2v) is 6.96. The Morgan fingerprint density at radius 3 is 2.60 bits per heavy atom. The molecule has 5 rings (SSSR count). The molecule has 1 aromatic carbocycles. The van der Waals surface area contributed by atoms with Gasteiger partial charge in [0.2, 0.25) is 0 Å². The number of morpholine rings is 1. The lowest BCUT2D eigenvalue weighted by Crippen LogP contribution is -2.36. The number of aromatic nitrogens is 4. The fourth-order valence-corrected chi connectivity index (χ4v) is 3.73. The third-order valence-electron chi connectivity index (χ3n) is 5.16. The van der Waals surface area contributed by atoms with Crippen LogP contribution < -0.4 is 4.90 Å². The zero-order valence-corrected chi connectivity index (χ0v) is 16.1. The molecular formula is C22H19N5O3. The first-order valence-corrected chi connectivity index (χ1v) is 9.67. The first-order valence-electron chi connectivity index (χ1n) is 9.67. The molecule has 0 saturated carbocycles. The van der Waals surface area contributed by atoms with Crippen LogP contribution in [0, 0.1) is 0 Å². The molecule has 1 aliphatic rings. The molecule has 1 fully saturated rings. The van der Waals surface area contributed by atoms with Gasteiger partial charge >= 0.3 is 5.97 Å². The van der Waals surface area contributed by atoms with E-state index in [1.807, 2.05) is 48.5 Å². The molecule has 1 saturated heterocycles. The van der Waals surface area contributed by atoms with Gasteiger partial charge in [-0.15, -0.1) is 0 Å². The van der Waals surface area contributed by atoms with Crippen LogP contribution in [0.4, 0.5) is 5.82 Å². The second kappa shape index (κ2) is 7.57. The summed E-state index contributed by atoms with van der Waals surface area (Å²) in [6, 6.07) is 15.0. The van der Waals surface area contributed by atoms with E-state index in [2.05, 4.69) is 14.9 Å². The predicted molar refractivity (Wildman–Crippen MR) is 112 cm³/mol. The Labute approximate surface area is 172 Å². The Morgan fingerprint density at radius 2 is 1.83 bits per heavy atom. The van der Waals surface area contributed by atoms with Crippen molar-refractivity contribution in [3.8, 4) is 22.5 Å². The number of fused-ring (bicyclic) bond motifs is 1. The number of benzene rings is 1. The zero-order valence-electron chi connectivity index (χ0n) is 16.1. The lowest BCUT2D eigenvalue weighted by atomic mass is 10.1. The minimum atomic E-state index is -1.03. The summed E-state index contributed by atoms with van der Waals surface area (Å²) in [6.45, 7) is 2.87. The third-order valence-corrected chi connectivity index (χ3v) is 5.16. The third kappa shape index (κ3) is 3.17. The van der Waals surface area contributed by atoms with Crippen molar-refractivity contribution in [2.45, 2.75) is 0 Å². The summed E-state index contributed by atoms with van der Waals surface area (Å²) < 4.78 is 7.03. The molecule has 4 heterocycles. The van der Waals surface area contributed by atoms with Gasteiger partial charge < -0.3 is 14.7 Å². The molecule has 0 radical (unpaired) electrons. The van der Waals surface area contributed by atoms with E-state index >= 15 is 0 Å². The number of hydrogen-bond donors (Lipinski definition) is 1. The molecule has 3 aromatic heterocycles. The van der Waals surface area contributed by atoms with E-state index in [0.717, 1.165) is 30.0 Å². The summed E-state index contributed by atoms with van der Waals surface area (Å²) in [7, 11) is 0. The molecule has 1 N–H and O–H groups in total. The van der Waals surface area contributed by atoms with Crippen LogP contribution in [0.25, 0.3) is 28.2 Å². The maximum atomic E-state index is 12.1.